The van der Waals surface area contributed by atoms with Crippen molar-refractivity contribution in [3.63, 3.8) is 0 Å². The topological polar surface area (TPSA) is 71.8 Å². The van der Waals surface area contributed by atoms with Gasteiger partial charge in [0.1, 0.15) is 5.82 Å². The molecule has 0 saturated heterocycles. The van der Waals surface area contributed by atoms with Gasteiger partial charge in [-0.15, -0.1) is 0 Å². The van der Waals surface area contributed by atoms with Gasteiger partial charge in [0.25, 0.3) is 5.56 Å². The highest BCUT2D eigenvalue weighted by Crippen LogP contribution is 2.07. The molecule has 0 amide bonds. The normalized spacial score (nSPS) is 10.9. The molecule has 17 heavy (non-hydrogen) atoms. The van der Waals surface area contributed by atoms with Crippen LogP contribution in [0.4, 0.5) is 0 Å². The molecule has 1 heterocycles. The number of aromatic amines is 1. The Bertz CT molecular complexity index is 548. The third kappa shape index (κ3) is 2.91. The second kappa shape index (κ2) is 5.59. The molecule has 0 fully saturated rings. The van der Waals surface area contributed by atoms with Gasteiger partial charge in [-0.1, -0.05) is 18.6 Å². The highest BCUT2D eigenvalue weighted by molar-refractivity contribution is 5.77. The predicted molar refractivity (Wildman–Crippen MR) is 69.0 cm³/mol. The van der Waals surface area contributed by atoms with Gasteiger partial charge in [0.15, 0.2) is 0 Å². The zero-order valence-electron chi connectivity index (χ0n) is 9.78. The van der Waals surface area contributed by atoms with Gasteiger partial charge in [0.2, 0.25) is 0 Å². The predicted octanol–water partition coefficient (Wildman–Crippen LogP) is 1.59. The first-order chi connectivity index (χ1) is 8.31. The molecule has 4 nitrogen and oxygen atoms in total. The van der Waals surface area contributed by atoms with Crippen LogP contribution in [0.2, 0.25) is 0 Å². The average molecular weight is 231 g/mol. The van der Waals surface area contributed by atoms with E-state index < -0.39 is 0 Å². The Morgan fingerprint density at radius 2 is 2.00 bits per heavy atom. The Morgan fingerprint density at radius 1 is 1.18 bits per heavy atom. The molecule has 0 atom stereocenters. The first-order valence-corrected chi connectivity index (χ1v) is 5.99. The van der Waals surface area contributed by atoms with E-state index in [-0.39, 0.29) is 5.56 Å². The van der Waals surface area contributed by atoms with Crippen molar-refractivity contribution in [2.24, 2.45) is 5.73 Å². The summed E-state index contributed by atoms with van der Waals surface area (Å²) in [5.74, 6) is 0.769. The van der Waals surface area contributed by atoms with Gasteiger partial charge < -0.3 is 10.7 Å². The van der Waals surface area contributed by atoms with Gasteiger partial charge >= 0.3 is 0 Å². The SMILES string of the molecule is NCCCCCc1nc2ccccc2c(=O)[nH]1. The summed E-state index contributed by atoms with van der Waals surface area (Å²) in [5.41, 5.74) is 6.15. The van der Waals surface area contributed by atoms with Gasteiger partial charge in [-0.05, 0) is 31.5 Å². The highest BCUT2D eigenvalue weighted by Gasteiger charge is 2.02. The van der Waals surface area contributed by atoms with Crippen LogP contribution in [0.25, 0.3) is 10.9 Å². The number of nitrogens with zero attached hydrogens (tertiary/aromatic N) is 1. The summed E-state index contributed by atoms with van der Waals surface area (Å²) in [5, 5.41) is 0.651. The molecule has 2 aromatic rings. The molecule has 0 radical (unpaired) electrons. The molecule has 0 spiro atoms. The van der Waals surface area contributed by atoms with Crippen LogP contribution in [-0.4, -0.2) is 16.5 Å². The van der Waals surface area contributed by atoms with Crippen molar-refractivity contribution in [3.05, 3.63) is 40.4 Å². The molecule has 0 aliphatic carbocycles. The van der Waals surface area contributed by atoms with E-state index in [4.69, 9.17) is 5.73 Å². The number of benzene rings is 1. The fourth-order valence-electron chi connectivity index (χ4n) is 1.87. The van der Waals surface area contributed by atoms with E-state index in [2.05, 4.69) is 9.97 Å². The molecule has 0 saturated carbocycles. The molecule has 0 aliphatic heterocycles. The zero-order chi connectivity index (χ0) is 12.1. The number of aryl methyl sites for hydroxylation is 1. The van der Waals surface area contributed by atoms with Crippen molar-refractivity contribution in [2.45, 2.75) is 25.7 Å². The lowest BCUT2D eigenvalue weighted by Gasteiger charge is -2.02. The minimum Gasteiger partial charge on any atom is -0.330 e. The molecular weight excluding hydrogens is 214 g/mol. The van der Waals surface area contributed by atoms with Crippen LogP contribution < -0.4 is 11.3 Å². The number of hydrogen-bond acceptors (Lipinski definition) is 3. The van der Waals surface area contributed by atoms with Gasteiger partial charge in [0.05, 0.1) is 10.9 Å². The Balaban J connectivity index is 2.16. The summed E-state index contributed by atoms with van der Waals surface area (Å²) in [6, 6.07) is 7.40. The van der Waals surface area contributed by atoms with Crippen LogP contribution >= 0.6 is 0 Å². The minimum atomic E-state index is -0.0515. The molecule has 0 unspecified atom stereocenters. The lowest BCUT2D eigenvalue weighted by Crippen LogP contribution is -2.11. The molecule has 1 aromatic heterocycles. The van der Waals surface area contributed by atoms with E-state index >= 15 is 0 Å². The number of rotatable bonds is 5. The second-order valence-electron chi connectivity index (χ2n) is 4.13. The monoisotopic (exact) mass is 231 g/mol. The highest BCUT2D eigenvalue weighted by atomic mass is 16.1. The summed E-state index contributed by atoms with van der Waals surface area (Å²) in [4.78, 5) is 19.0. The lowest BCUT2D eigenvalue weighted by molar-refractivity contribution is 0.669. The van der Waals surface area contributed by atoms with Crippen molar-refractivity contribution in [1.82, 2.24) is 9.97 Å². The van der Waals surface area contributed by atoms with Gasteiger partial charge in [-0.25, -0.2) is 4.98 Å². The van der Waals surface area contributed by atoms with E-state index in [0.29, 0.717) is 5.39 Å². The number of para-hydroxylation sites is 1. The second-order valence-corrected chi connectivity index (χ2v) is 4.13. The number of unbranched alkanes of at least 4 members (excludes halogenated alkanes) is 2. The largest absolute Gasteiger partial charge is 0.330 e. The van der Waals surface area contributed by atoms with Gasteiger partial charge in [-0.3, -0.25) is 4.79 Å². The number of aromatic nitrogens is 2. The molecule has 90 valence electrons. The van der Waals surface area contributed by atoms with E-state index in [1.54, 1.807) is 6.07 Å². The number of H-pyrrole nitrogens is 1. The molecular formula is C13H17N3O. The number of hydrogen-bond donors (Lipinski definition) is 2. The smallest absolute Gasteiger partial charge is 0.258 e. The fourth-order valence-corrected chi connectivity index (χ4v) is 1.87. The maximum absolute atomic E-state index is 11.8. The van der Waals surface area contributed by atoms with Crippen LogP contribution in [0.1, 0.15) is 25.1 Å². The van der Waals surface area contributed by atoms with E-state index in [9.17, 15) is 4.79 Å². The first-order valence-electron chi connectivity index (χ1n) is 5.99. The number of nitrogens with two attached hydrogens (primary N) is 1. The summed E-state index contributed by atoms with van der Waals surface area (Å²) in [6.45, 7) is 0.724. The number of fused-ring (bicyclic) bond motifs is 1. The van der Waals surface area contributed by atoms with Crippen molar-refractivity contribution < 1.29 is 0 Å². The molecule has 4 heteroatoms. The van der Waals surface area contributed by atoms with Crippen molar-refractivity contribution in [1.29, 1.82) is 0 Å². The Labute approximate surface area is 99.9 Å². The third-order valence-corrected chi connectivity index (χ3v) is 2.78. The standard InChI is InChI=1S/C13H17N3O/c14-9-5-1-2-8-12-15-11-7-4-3-6-10(11)13(17)16-12/h3-4,6-7H,1-2,5,8-9,14H2,(H,15,16,17). The Hall–Kier alpha value is -1.68. The van der Waals surface area contributed by atoms with E-state index in [1.807, 2.05) is 18.2 Å². The Kier molecular flexibility index (Phi) is 3.88. The van der Waals surface area contributed by atoms with Crippen LogP contribution in [0.5, 0.6) is 0 Å². The van der Waals surface area contributed by atoms with E-state index in [0.717, 1.165) is 43.6 Å². The van der Waals surface area contributed by atoms with E-state index in [1.165, 1.54) is 0 Å². The Morgan fingerprint density at radius 3 is 2.82 bits per heavy atom. The summed E-state index contributed by atoms with van der Waals surface area (Å²) >= 11 is 0. The number of nitrogens with one attached hydrogen (secondary N) is 1. The van der Waals surface area contributed by atoms with Crippen LogP contribution in [0.15, 0.2) is 29.1 Å². The summed E-state index contributed by atoms with van der Waals surface area (Å²) in [6.07, 6.45) is 3.92. The zero-order valence-corrected chi connectivity index (χ0v) is 9.78. The molecule has 3 N–H and O–H groups in total. The van der Waals surface area contributed by atoms with Crippen LogP contribution in [-0.2, 0) is 6.42 Å². The van der Waals surface area contributed by atoms with Crippen LogP contribution in [0.3, 0.4) is 0 Å². The molecule has 2 rings (SSSR count). The lowest BCUT2D eigenvalue weighted by atomic mass is 10.2. The summed E-state index contributed by atoms with van der Waals surface area (Å²) in [7, 11) is 0. The third-order valence-electron chi connectivity index (χ3n) is 2.78. The van der Waals surface area contributed by atoms with Crippen molar-refractivity contribution >= 4 is 10.9 Å². The quantitative estimate of drug-likeness (QED) is 0.768. The first kappa shape index (κ1) is 11.8. The van der Waals surface area contributed by atoms with Gasteiger partial charge in [-0.2, -0.15) is 0 Å². The molecule has 1 aromatic carbocycles. The van der Waals surface area contributed by atoms with Gasteiger partial charge in [0, 0.05) is 6.42 Å². The average Bonchev–Trinajstić information content (AvgIpc) is 2.35. The summed E-state index contributed by atoms with van der Waals surface area (Å²) < 4.78 is 0. The van der Waals surface area contributed by atoms with Crippen molar-refractivity contribution in [3.8, 4) is 0 Å². The maximum atomic E-state index is 11.8. The van der Waals surface area contributed by atoms with Crippen molar-refractivity contribution in [2.75, 3.05) is 6.54 Å². The molecule has 0 aliphatic rings. The van der Waals surface area contributed by atoms with Crippen LogP contribution in [0, 0.1) is 0 Å². The molecule has 0 bridgehead atoms. The fraction of sp³-hybridized carbons (Fsp3) is 0.385. The maximum Gasteiger partial charge on any atom is 0.258 e. The minimum absolute atomic E-state index is 0.0515.